The summed E-state index contributed by atoms with van der Waals surface area (Å²) in [5, 5.41) is 36.7. The first kappa shape index (κ1) is 28.1. The average Bonchev–Trinajstić information content (AvgIpc) is 3.17. The van der Waals surface area contributed by atoms with E-state index < -0.39 is 74.9 Å². The van der Waals surface area contributed by atoms with Gasteiger partial charge in [0.25, 0.3) is 0 Å². The van der Waals surface area contributed by atoms with Gasteiger partial charge in [0.05, 0.1) is 28.6 Å². The number of carbonyl (C=O) groups is 3. The van der Waals surface area contributed by atoms with E-state index in [1.54, 1.807) is 33.8 Å². The Morgan fingerprint density at radius 2 is 1.80 bits per heavy atom. The molecular weight excluding hydrogens is 516 g/mol. The Hall–Kier alpha value is -2.07. The molecule has 6 rings (SSSR count). The van der Waals surface area contributed by atoms with Crippen molar-refractivity contribution in [3.05, 3.63) is 23.5 Å². The van der Waals surface area contributed by atoms with E-state index >= 15 is 0 Å². The third kappa shape index (κ3) is 2.85. The number of Topliss-reactive ketones (excluding diaryl/α,β-unsaturated/α-hetero) is 1. The van der Waals surface area contributed by atoms with Crippen molar-refractivity contribution < 1.29 is 43.9 Å². The van der Waals surface area contributed by atoms with Crippen LogP contribution in [0.3, 0.4) is 0 Å². The van der Waals surface area contributed by atoms with Gasteiger partial charge in [-0.2, -0.15) is 0 Å². The summed E-state index contributed by atoms with van der Waals surface area (Å²) in [5.41, 5.74) is -6.48. The Balaban J connectivity index is 1.64. The lowest BCUT2D eigenvalue weighted by atomic mass is 9.45. The molecule has 4 fully saturated rings. The fourth-order valence-electron chi connectivity index (χ4n) is 9.96. The fourth-order valence-corrected chi connectivity index (χ4v) is 9.96. The average molecular weight is 559 g/mol. The van der Waals surface area contributed by atoms with Gasteiger partial charge in [-0.15, -0.1) is 0 Å². The molecule has 3 aliphatic heterocycles. The first-order valence-corrected chi connectivity index (χ1v) is 14.8. The van der Waals surface area contributed by atoms with Crippen LogP contribution in [0.4, 0.5) is 0 Å². The second-order valence-electron chi connectivity index (χ2n) is 13.7. The Morgan fingerprint density at radius 3 is 2.45 bits per heavy atom. The maximum absolute atomic E-state index is 14.9. The van der Waals surface area contributed by atoms with Crippen LogP contribution < -0.4 is 0 Å². The molecule has 0 amide bonds. The molecule has 1 saturated carbocycles. The van der Waals surface area contributed by atoms with Crippen molar-refractivity contribution in [3.8, 4) is 0 Å². The second-order valence-corrected chi connectivity index (χ2v) is 13.7. The van der Waals surface area contributed by atoms with Gasteiger partial charge in [0.15, 0.2) is 11.6 Å². The number of hydrogen-bond donors (Lipinski definition) is 3. The summed E-state index contributed by atoms with van der Waals surface area (Å²) in [5.74, 6) is -7.07. The lowest BCUT2D eigenvalue weighted by molar-refractivity contribution is -0.388. The van der Waals surface area contributed by atoms with E-state index in [2.05, 4.69) is 0 Å². The molecule has 40 heavy (non-hydrogen) atoms. The molecule has 3 heterocycles. The normalized spacial score (nSPS) is 53.3. The first-order chi connectivity index (χ1) is 18.6. The molecule has 3 N–H and O–H groups in total. The lowest BCUT2D eigenvalue weighted by Gasteiger charge is -2.67. The number of rotatable bonds is 3. The summed E-state index contributed by atoms with van der Waals surface area (Å²) >= 11 is 0. The zero-order chi connectivity index (χ0) is 29.3. The molecule has 1 spiro atoms. The van der Waals surface area contributed by atoms with E-state index in [0.29, 0.717) is 24.8 Å². The molecule has 3 aliphatic carbocycles. The van der Waals surface area contributed by atoms with Gasteiger partial charge in [-0.3, -0.25) is 14.4 Å². The minimum Gasteiger partial charge on any atom is -0.512 e. The molecule has 6 aliphatic rings. The number of esters is 1. The fraction of sp³-hybridized carbons (Fsp3) is 0.774. The third-order valence-electron chi connectivity index (χ3n) is 12.4. The highest BCUT2D eigenvalue weighted by Crippen LogP contribution is 2.71. The van der Waals surface area contributed by atoms with Crippen molar-refractivity contribution in [2.45, 2.75) is 109 Å². The predicted molar refractivity (Wildman–Crippen MR) is 142 cm³/mol. The largest absolute Gasteiger partial charge is 0.512 e. The number of aliphatic hydroxyl groups is 3. The zero-order valence-corrected chi connectivity index (χ0v) is 24.3. The Kier molecular flexibility index (Phi) is 5.80. The molecule has 220 valence electrons. The third-order valence-corrected chi connectivity index (χ3v) is 12.4. The summed E-state index contributed by atoms with van der Waals surface area (Å²) < 4.78 is 19.2. The molecule has 5 unspecified atom stereocenters. The van der Waals surface area contributed by atoms with Gasteiger partial charge in [0.2, 0.25) is 5.79 Å². The van der Waals surface area contributed by atoms with Crippen LogP contribution in [0.25, 0.3) is 0 Å². The molecule has 9 heteroatoms. The molecule has 0 aromatic heterocycles. The highest BCUT2D eigenvalue weighted by Gasteiger charge is 2.86. The number of hydrogen-bond acceptors (Lipinski definition) is 9. The molecule has 0 radical (unpaired) electrons. The smallest absolute Gasteiger partial charge is 0.309 e. The SMILES string of the molecule is CCO[C@@]1(C)C2CC(C)(C3C(=O)[C@]4(O)O[C@@]31[C@](O)(CC)CCC1C4CC(O)=C3CC=CC(=O)[C@@]31C)[C@@H](C)C(=O)O2. The van der Waals surface area contributed by atoms with Gasteiger partial charge in [-0.25, -0.2) is 0 Å². The Labute approximate surface area is 234 Å². The van der Waals surface area contributed by atoms with Crippen LogP contribution in [0.2, 0.25) is 0 Å². The molecule has 11 atom stereocenters. The molecule has 0 aromatic carbocycles. The van der Waals surface area contributed by atoms with Crippen molar-refractivity contribution in [1.29, 1.82) is 0 Å². The molecule has 4 bridgehead atoms. The Morgan fingerprint density at radius 1 is 1.10 bits per heavy atom. The van der Waals surface area contributed by atoms with Crippen LogP contribution in [0.5, 0.6) is 0 Å². The number of fused-ring (bicyclic) bond motifs is 8. The highest BCUT2D eigenvalue weighted by molar-refractivity contribution is 5.99. The summed E-state index contributed by atoms with van der Waals surface area (Å²) in [4.78, 5) is 41.6. The topological polar surface area (TPSA) is 140 Å². The van der Waals surface area contributed by atoms with E-state index in [4.69, 9.17) is 14.2 Å². The number of ether oxygens (including phenoxy) is 3. The maximum atomic E-state index is 14.9. The molecule has 3 saturated heterocycles. The van der Waals surface area contributed by atoms with E-state index in [1.165, 1.54) is 6.08 Å². The lowest BCUT2D eigenvalue weighted by Crippen LogP contribution is -2.81. The van der Waals surface area contributed by atoms with Gasteiger partial charge >= 0.3 is 5.97 Å². The van der Waals surface area contributed by atoms with E-state index in [9.17, 15) is 29.7 Å². The van der Waals surface area contributed by atoms with Gasteiger partial charge in [0.1, 0.15) is 17.3 Å². The summed E-state index contributed by atoms with van der Waals surface area (Å²) in [7, 11) is 0. The number of carbonyl (C=O) groups excluding carboxylic acids is 3. The van der Waals surface area contributed by atoms with Crippen LogP contribution in [0.15, 0.2) is 23.5 Å². The summed E-state index contributed by atoms with van der Waals surface area (Å²) in [6, 6.07) is 0. The summed E-state index contributed by atoms with van der Waals surface area (Å²) in [6.07, 6.45) is 3.73. The monoisotopic (exact) mass is 558 g/mol. The number of aliphatic hydroxyl groups excluding tert-OH is 1. The predicted octanol–water partition coefficient (Wildman–Crippen LogP) is 3.31. The molecule has 0 aromatic rings. The van der Waals surface area contributed by atoms with E-state index in [0.717, 1.165) is 0 Å². The van der Waals surface area contributed by atoms with E-state index in [-0.39, 0.29) is 37.4 Å². The highest BCUT2D eigenvalue weighted by atomic mass is 16.7. The minimum absolute atomic E-state index is 0.00840. The van der Waals surface area contributed by atoms with Gasteiger partial charge in [-0.1, -0.05) is 26.8 Å². The number of ketones is 2. The number of allylic oxidation sites excluding steroid dienone is 4. The van der Waals surface area contributed by atoms with Gasteiger partial charge in [0, 0.05) is 18.9 Å². The minimum atomic E-state index is -2.44. The van der Waals surface area contributed by atoms with Crippen molar-refractivity contribution in [2.24, 2.45) is 34.5 Å². The van der Waals surface area contributed by atoms with Crippen LogP contribution in [-0.2, 0) is 28.6 Å². The van der Waals surface area contributed by atoms with Crippen molar-refractivity contribution >= 4 is 17.5 Å². The van der Waals surface area contributed by atoms with Crippen LogP contribution in [0.1, 0.15) is 80.1 Å². The van der Waals surface area contributed by atoms with Gasteiger partial charge < -0.3 is 29.5 Å². The zero-order valence-electron chi connectivity index (χ0n) is 24.3. The van der Waals surface area contributed by atoms with Gasteiger partial charge in [-0.05, 0) is 75.9 Å². The van der Waals surface area contributed by atoms with Crippen LogP contribution >= 0.6 is 0 Å². The van der Waals surface area contributed by atoms with Crippen molar-refractivity contribution in [3.63, 3.8) is 0 Å². The van der Waals surface area contributed by atoms with Crippen LogP contribution in [-0.4, -0.2) is 68.2 Å². The Bertz CT molecular complexity index is 1260. The first-order valence-electron chi connectivity index (χ1n) is 14.8. The second kappa shape index (κ2) is 8.27. The van der Waals surface area contributed by atoms with E-state index in [1.807, 2.05) is 13.8 Å². The van der Waals surface area contributed by atoms with Crippen molar-refractivity contribution in [1.82, 2.24) is 0 Å². The van der Waals surface area contributed by atoms with Crippen LogP contribution in [0, 0.1) is 34.5 Å². The molecule has 9 nitrogen and oxygen atoms in total. The van der Waals surface area contributed by atoms with Crippen molar-refractivity contribution in [2.75, 3.05) is 6.61 Å². The molecular formula is C31H42O9. The maximum Gasteiger partial charge on any atom is 0.309 e. The standard InChI is InChI=1S/C31H42O9/c1-7-29(36)13-12-17-19(14-20(32)18-10-9-11-21(33)27(17,18)5)30(37)24(34)23-26(4)15-22(39-25(35)16(26)3)28(6,38-8-2)31(23,29)40-30/h9,11,16-17,19,22-23,32,36-37H,7-8,10,12-15H2,1-6H3/t16-,17?,19?,22?,23?,26?,27+,28-,29-,30+,31-/m0/s1. The quantitative estimate of drug-likeness (QED) is 0.445. The summed E-state index contributed by atoms with van der Waals surface area (Å²) in [6.45, 7) is 10.9.